The number of nitrogens with one attached hydrogen (secondary N) is 1. The summed E-state index contributed by atoms with van der Waals surface area (Å²) in [5.41, 5.74) is 6.53. The van der Waals surface area contributed by atoms with Crippen LogP contribution in [-0.2, 0) is 17.6 Å². The lowest BCUT2D eigenvalue weighted by Gasteiger charge is -2.24. The number of hydrogen-bond donors (Lipinski definition) is 1. The van der Waals surface area contributed by atoms with Gasteiger partial charge in [0.2, 0.25) is 0 Å². The van der Waals surface area contributed by atoms with Crippen LogP contribution in [0.25, 0.3) is 0 Å². The highest BCUT2D eigenvalue weighted by Crippen LogP contribution is 2.26. The van der Waals surface area contributed by atoms with Crippen molar-refractivity contribution in [1.29, 1.82) is 0 Å². The monoisotopic (exact) mass is 379 g/mol. The highest BCUT2D eigenvalue weighted by molar-refractivity contribution is 5.81. The van der Waals surface area contributed by atoms with Crippen LogP contribution in [0.1, 0.15) is 73.4 Å². The van der Waals surface area contributed by atoms with Crippen molar-refractivity contribution in [2.45, 2.75) is 78.4 Å². The maximum absolute atomic E-state index is 12.9. The molecular formula is C25H33NO2. The number of hydrogen-bond acceptors (Lipinski definition) is 2. The predicted molar refractivity (Wildman–Crippen MR) is 115 cm³/mol. The molecule has 150 valence electrons. The van der Waals surface area contributed by atoms with Crippen molar-refractivity contribution in [3.63, 3.8) is 0 Å². The molecule has 1 N–H and O–H groups in total. The second-order valence-corrected chi connectivity index (χ2v) is 7.97. The van der Waals surface area contributed by atoms with Crippen LogP contribution >= 0.6 is 0 Å². The van der Waals surface area contributed by atoms with E-state index in [1.165, 1.54) is 47.1 Å². The van der Waals surface area contributed by atoms with Crippen LogP contribution in [0.4, 0.5) is 0 Å². The third-order valence-electron chi connectivity index (χ3n) is 5.92. The topological polar surface area (TPSA) is 38.3 Å². The zero-order chi connectivity index (χ0) is 20.1. The normalized spacial score (nSPS) is 15.4. The van der Waals surface area contributed by atoms with Gasteiger partial charge in [-0.1, -0.05) is 38.1 Å². The molecule has 0 saturated carbocycles. The van der Waals surface area contributed by atoms with Crippen LogP contribution in [0.5, 0.6) is 5.75 Å². The van der Waals surface area contributed by atoms with Gasteiger partial charge >= 0.3 is 0 Å². The minimum absolute atomic E-state index is 0.0251. The van der Waals surface area contributed by atoms with Crippen molar-refractivity contribution in [2.24, 2.45) is 0 Å². The molecule has 3 nitrogen and oxygen atoms in total. The quantitative estimate of drug-likeness (QED) is 0.679. The molecular weight excluding hydrogens is 346 g/mol. The van der Waals surface area contributed by atoms with Gasteiger partial charge in [-0.05, 0) is 92.3 Å². The molecule has 2 aromatic carbocycles. The van der Waals surface area contributed by atoms with E-state index in [4.69, 9.17) is 4.74 Å². The first-order valence-electron chi connectivity index (χ1n) is 10.7. The fourth-order valence-corrected chi connectivity index (χ4v) is 3.93. The van der Waals surface area contributed by atoms with Gasteiger partial charge in [-0.3, -0.25) is 4.79 Å². The lowest BCUT2D eigenvalue weighted by molar-refractivity contribution is -0.128. The van der Waals surface area contributed by atoms with Gasteiger partial charge in [0.05, 0.1) is 6.04 Å². The number of aryl methyl sites for hydroxylation is 4. The van der Waals surface area contributed by atoms with Crippen LogP contribution in [-0.4, -0.2) is 12.0 Å². The zero-order valence-electron chi connectivity index (χ0n) is 17.7. The molecule has 3 rings (SSSR count). The molecule has 0 aromatic heterocycles. The van der Waals surface area contributed by atoms with E-state index in [0.717, 1.165) is 18.6 Å². The standard InChI is InChI=1S/C25H33NO2/c1-5-23(21-13-12-19-9-7-8-10-20(19)16-21)26-25(27)24(6-2)28-22-14-11-17(3)18(4)15-22/h11-16,23-24H,5-10H2,1-4H3,(H,26,27). The molecule has 0 bridgehead atoms. The number of rotatable bonds is 7. The number of amides is 1. The van der Waals surface area contributed by atoms with Crippen molar-refractivity contribution < 1.29 is 9.53 Å². The maximum Gasteiger partial charge on any atom is 0.261 e. The number of fused-ring (bicyclic) bond motifs is 1. The van der Waals surface area contributed by atoms with Crippen LogP contribution in [0.2, 0.25) is 0 Å². The van der Waals surface area contributed by atoms with Crippen LogP contribution < -0.4 is 10.1 Å². The number of carbonyl (C=O) groups excluding carboxylic acids is 1. The molecule has 0 saturated heterocycles. The van der Waals surface area contributed by atoms with Gasteiger partial charge in [-0.15, -0.1) is 0 Å². The first-order chi connectivity index (χ1) is 13.5. The average Bonchev–Trinajstić information content (AvgIpc) is 2.72. The molecule has 28 heavy (non-hydrogen) atoms. The fourth-order valence-electron chi connectivity index (χ4n) is 3.93. The van der Waals surface area contributed by atoms with Crippen molar-refractivity contribution in [3.05, 3.63) is 64.2 Å². The summed E-state index contributed by atoms with van der Waals surface area (Å²) in [6.45, 7) is 8.25. The van der Waals surface area contributed by atoms with E-state index in [1.54, 1.807) is 0 Å². The Kier molecular flexibility index (Phi) is 6.77. The third kappa shape index (κ3) is 4.76. The third-order valence-corrected chi connectivity index (χ3v) is 5.92. The number of benzene rings is 2. The van der Waals surface area contributed by atoms with Crippen molar-refractivity contribution in [1.82, 2.24) is 5.32 Å². The van der Waals surface area contributed by atoms with E-state index < -0.39 is 6.10 Å². The first-order valence-corrected chi connectivity index (χ1v) is 10.7. The molecule has 3 heteroatoms. The van der Waals surface area contributed by atoms with E-state index in [1.807, 2.05) is 25.1 Å². The minimum atomic E-state index is -0.478. The molecule has 1 aliphatic rings. The summed E-state index contributed by atoms with van der Waals surface area (Å²) in [6.07, 6.45) is 5.91. The number of ether oxygens (including phenoxy) is 1. The van der Waals surface area contributed by atoms with E-state index in [9.17, 15) is 4.79 Å². The van der Waals surface area contributed by atoms with E-state index >= 15 is 0 Å². The van der Waals surface area contributed by atoms with Gasteiger partial charge in [-0.2, -0.15) is 0 Å². The fraction of sp³-hybridized carbons (Fsp3) is 0.480. The summed E-state index contributed by atoms with van der Waals surface area (Å²) < 4.78 is 6.02. The summed E-state index contributed by atoms with van der Waals surface area (Å²) in [4.78, 5) is 12.9. The average molecular weight is 380 g/mol. The highest BCUT2D eigenvalue weighted by atomic mass is 16.5. The Morgan fingerprint density at radius 1 is 0.964 bits per heavy atom. The smallest absolute Gasteiger partial charge is 0.261 e. The molecule has 2 unspecified atom stereocenters. The number of carbonyl (C=O) groups is 1. The van der Waals surface area contributed by atoms with Crippen LogP contribution in [0.15, 0.2) is 36.4 Å². The van der Waals surface area contributed by atoms with E-state index in [-0.39, 0.29) is 11.9 Å². The van der Waals surface area contributed by atoms with Gasteiger partial charge in [0, 0.05) is 0 Å². The van der Waals surface area contributed by atoms with E-state index in [2.05, 4.69) is 44.3 Å². The van der Waals surface area contributed by atoms with Crippen LogP contribution in [0.3, 0.4) is 0 Å². The summed E-state index contributed by atoms with van der Waals surface area (Å²) in [6, 6.07) is 12.7. The minimum Gasteiger partial charge on any atom is -0.481 e. The zero-order valence-corrected chi connectivity index (χ0v) is 17.7. The SMILES string of the molecule is CCC(Oc1ccc(C)c(C)c1)C(=O)NC(CC)c1ccc2c(c1)CCCC2. The molecule has 0 spiro atoms. The highest BCUT2D eigenvalue weighted by Gasteiger charge is 2.23. The Morgan fingerprint density at radius 2 is 1.71 bits per heavy atom. The Morgan fingerprint density at radius 3 is 2.39 bits per heavy atom. The van der Waals surface area contributed by atoms with Crippen molar-refractivity contribution >= 4 is 5.91 Å². The Hall–Kier alpha value is -2.29. The molecule has 1 aliphatic carbocycles. The Balaban J connectivity index is 1.70. The Bertz CT molecular complexity index is 827. The predicted octanol–water partition coefficient (Wildman–Crippen LogP) is 5.61. The van der Waals surface area contributed by atoms with Gasteiger partial charge in [0.15, 0.2) is 6.10 Å². The van der Waals surface area contributed by atoms with Gasteiger partial charge < -0.3 is 10.1 Å². The summed E-state index contributed by atoms with van der Waals surface area (Å²) in [7, 11) is 0. The molecule has 0 fully saturated rings. The second-order valence-electron chi connectivity index (χ2n) is 7.97. The van der Waals surface area contributed by atoms with Crippen molar-refractivity contribution in [2.75, 3.05) is 0 Å². The molecule has 0 radical (unpaired) electrons. The van der Waals surface area contributed by atoms with Gasteiger partial charge in [0.25, 0.3) is 5.91 Å². The summed E-state index contributed by atoms with van der Waals surface area (Å²) >= 11 is 0. The first kappa shape index (κ1) is 20.4. The lowest BCUT2D eigenvalue weighted by atomic mass is 9.88. The molecule has 2 atom stereocenters. The maximum atomic E-state index is 12.9. The molecule has 0 aliphatic heterocycles. The lowest BCUT2D eigenvalue weighted by Crippen LogP contribution is -2.40. The second kappa shape index (κ2) is 9.27. The van der Waals surface area contributed by atoms with Gasteiger partial charge in [0.1, 0.15) is 5.75 Å². The summed E-state index contributed by atoms with van der Waals surface area (Å²) in [5, 5.41) is 3.22. The Labute approximate surface area is 169 Å². The molecule has 2 aromatic rings. The largest absolute Gasteiger partial charge is 0.481 e. The molecule has 0 heterocycles. The van der Waals surface area contributed by atoms with E-state index in [0.29, 0.717) is 6.42 Å². The van der Waals surface area contributed by atoms with Gasteiger partial charge in [-0.25, -0.2) is 0 Å². The van der Waals surface area contributed by atoms with Crippen molar-refractivity contribution in [3.8, 4) is 5.75 Å². The van der Waals surface area contributed by atoms with Crippen LogP contribution in [0, 0.1) is 13.8 Å². The molecule has 1 amide bonds. The summed E-state index contributed by atoms with van der Waals surface area (Å²) in [5.74, 6) is 0.720.